The first-order valence-corrected chi connectivity index (χ1v) is 6.44. The molecule has 0 aliphatic carbocycles. The Balaban J connectivity index is 2.20. The molecule has 0 radical (unpaired) electrons. The molecule has 2 aliphatic rings. The normalized spacial score (nSPS) is 32.9. The van der Waals surface area contributed by atoms with Gasteiger partial charge in [-0.3, -0.25) is 0 Å². The first-order valence-electron chi connectivity index (χ1n) is 6.44. The summed E-state index contributed by atoms with van der Waals surface area (Å²) in [7, 11) is 0. The quantitative estimate of drug-likeness (QED) is 0.823. The van der Waals surface area contributed by atoms with E-state index >= 15 is 0 Å². The minimum atomic E-state index is -3.41. The Morgan fingerprint density at radius 1 is 1.60 bits per heavy atom. The molecule has 2 heterocycles. The Labute approximate surface area is 116 Å². The number of hydrogen-bond donors (Lipinski definition) is 2. The minimum absolute atomic E-state index is 0.0621. The highest BCUT2D eigenvalue weighted by atomic mass is 19.3. The summed E-state index contributed by atoms with van der Waals surface area (Å²) < 4.78 is 33.7. The second kappa shape index (κ2) is 5.14. The number of aliphatic imine (C=N–C) groups is 1. The van der Waals surface area contributed by atoms with Crippen LogP contribution in [0.15, 0.2) is 29.7 Å². The van der Waals surface area contributed by atoms with E-state index in [9.17, 15) is 13.9 Å². The van der Waals surface area contributed by atoms with Crippen LogP contribution in [-0.4, -0.2) is 40.2 Å². The van der Waals surface area contributed by atoms with E-state index in [0.29, 0.717) is 6.42 Å². The van der Waals surface area contributed by atoms with Crippen molar-refractivity contribution in [2.45, 2.75) is 44.6 Å². The van der Waals surface area contributed by atoms with Crippen LogP contribution in [0.25, 0.3) is 0 Å². The highest BCUT2D eigenvalue weighted by molar-refractivity contribution is 5.92. The predicted octanol–water partition coefficient (Wildman–Crippen LogP) is 1.41. The molecule has 0 aromatic heterocycles. The lowest BCUT2D eigenvalue weighted by atomic mass is 10.00. The Morgan fingerprint density at radius 3 is 2.80 bits per heavy atom. The van der Waals surface area contributed by atoms with Crippen LogP contribution >= 0.6 is 0 Å². The molecule has 0 bridgehead atoms. The number of halogens is 2. The predicted molar refractivity (Wildman–Crippen MR) is 70.8 cm³/mol. The number of nitrogens with zero attached hydrogens (tertiary/aromatic N) is 2. The fraction of sp³-hybridized carbons (Fsp3) is 0.615. The first kappa shape index (κ1) is 14.9. The lowest BCUT2D eigenvalue weighted by molar-refractivity contribution is -0.148. The number of hydrogen-bond acceptors (Lipinski definition) is 5. The van der Waals surface area contributed by atoms with E-state index in [-0.39, 0.29) is 17.6 Å². The third-order valence-corrected chi connectivity index (χ3v) is 3.30. The van der Waals surface area contributed by atoms with Crippen LogP contribution < -0.4 is 5.73 Å². The van der Waals surface area contributed by atoms with Gasteiger partial charge in [-0.2, -0.15) is 8.78 Å². The lowest BCUT2D eigenvalue weighted by Crippen LogP contribution is -2.47. The van der Waals surface area contributed by atoms with Gasteiger partial charge in [0, 0.05) is 6.20 Å². The van der Waals surface area contributed by atoms with Gasteiger partial charge in [-0.15, -0.1) is 0 Å². The van der Waals surface area contributed by atoms with Gasteiger partial charge in [-0.05, 0) is 18.4 Å². The fourth-order valence-corrected chi connectivity index (χ4v) is 2.32. The maximum Gasteiger partial charge on any atom is 0.320 e. The number of aliphatic hydroxyl groups excluding tert-OH is 1. The zero-order valence-corrected chi connectivity index (χ0v) is 11.5. The molecule has 0 aromatic carbocycles. The molecule has 1 saturated heterocycles. The van der Waals surface area contributed by atoms with Gasteiger partial charge >= 0.3 is 5.92 Å². The van der Waals surface area contributed by atoms with Crippen molar-refractivity contribution in [1.29, 1.82) is 0 Å². The molecule has 112 valence electrons. The smallest absolute Gasteiger partial charge is 0.320 e. The largest absolute Gasteiger partial charge is 0.384 e. The lowest BCUT2D eigenvalue weighted by Gasteiger charge is -2.31. The van der Waals surface area contributed by atoms with Crippen molar-refractivity contribution in [3.63, 3.8) is 0 Å². The molecule has 5 nitrogen and oxygen atoms in total. The SMILES string of the molecule is C=C1N=C(N)C=CN1[C@@H]1O[C@H](CC(C)C)C(O)C1(F)F. The molecule has 0 saturated carbocycles. The van der Waals surface area contributed by atoms with Crippen molar-refractivity contribution in [3.05, 3.63) is 24.7 Å². The molecule has 1 unspecified atom stereocenters. The molecule has 1 fully saturated rings. The average Bonchev–Trinajstić information content (AvgIpc) is 2.53. The molecule has 20 heavy (non-hydrogen) atoms. The maximum absolute atomic E-state index is 14.2. The van der Waals surface area contributed by atoms with Gasteiger partial charge in [-0.1, -0.05) is 20.4 Å². The zero-order chi connectivity index (χ0) is 15.1. The van der Waals surface area contributed by atoms with E-state index in [1.165, 1.54) is 12.3 Å². The van der Waals surface area contributed by atoms with Gasteiger partial charge in [0.1, 0.15) is 17.8 Å². The molecule has 2 aliphatic heterocycles. The van der Waals surface area contributed by atoms with E-state index in [2.05, 4.69) is 11.6 Å². The van der Waals surface area contributed by atoms with E-state index in [0.717, 1.165) is 4.90 Å². The molecule has 0 amide bonds. The third kappa shape index (κ3) is 2.55. The molecule has 0 spiro atoms. The number of ether oxygens (including phenoxy) is 1. The first-order chi connectivity index (χ1) is 9.23. The monoisotopic (exact) mass is 287 g/mol. The summed E-state index contributed by atoms with van der Waals surface area (Å²) in [5.74, 6) is -3.02. The van der Waals surface area contributed by atoms with E-state index in [1.54, 1.807) is 0 Å². The van der Waals surface area contributed by atoms with Crippen molar-refractivity contribution in [1.82, 2.24) is 4.90 Å². The molecular formula is C13H19F2N3O2. The molecule has 0 aromatic rings. The molecular weight excluding hydrogens is 268 g/mol. The second-order valence-corrected chi connectivity index (χ2v) is 5.45. The van der Waals surface area contributed by atoms with Crippen LogP contribution in [0.3, 0.4) is 0 Å². The van der Waals surface area contributed by atoms with Crippen molar-refractivity contribution in [2.75, 3.05) is 0 Å². The Hall–Kier alpha value is -1.47. The third-order valence-electron chi connectivity index (χ3n) is 3.30. The summed E-state index contributed by atoms with van der Waals surface area (Å²) in [6.07, 6.45) is -1.31. The van der Waals surface area contributed by atoms with Crippen molar-refractivity contribution < 1.29 is 18.6 Å². The summed E-state index contributed by atoms with van der Waals surface area (Å²) in [6.45, 7) is 7.34. The summed E-state index contributed by atoms with van der Waals surface area (Å²) in [4.78, 5) is 4.93. The molecule has 7 heteroatoms. The molecule has 3 N–H and O–H groups in total. The van der Waals surface area contributed by atoms with E-state index < -0.39 is 24.4 Å². The van der Waals surface area contributed by atoms with Gasteiger partial charge in [-0.25, -0.2) is 4.99 Å². The number of amidine groups is 1. The van der Waals surface area contributed by atoms with Crippen molar-refractivity contribution in [2.24, 2.45) is 16.6 Å². The van der Waals surface area contributed by atoms with E-state index in [1.807, 2.05) is 13.8 Å². The van der Waals surface area contributed by atoms with Crippen molar-refractivity contribution >= 4 is 5.84 Å². The van der Waals surface area contributed by atoms with E-state index in [4.69, 9.17) is 10.5 Å². The topological polar surface area (TPSA) is 71.1 Å². The van der Waals surface area contributed by atoms with Crippen LogP contribution in [0.1, 0.15) is 20.3 Å². The van der Waals surface area contributed by atoms with Crippen molar-refractivity contribution in [3.8, 4) is 0 Å². The summed E-state index contributed by atoms with van der Waals surface area (Å²) in [5.41, 5.74) is 5.47. The molecule has 2 rings (SSSR count). The van der Waals surface area contributed by atoms with Crippen LogP contribution in [0.2, 0.25) is 0 Å². The van der Waals surface area contributed by atoms with Gasteiger partial charge in [0.25, 0.3) is 0 Å². The standard InChI is InChI=1S/C13H19F2N3O2/c1-7(2)6-9-11(19)13(14,15)12(20-9)18-5-4-10(16)17-8(18)3/h4-5,7,9,11-12,19H,3,6H2,1-2H3,(H2,16,17)/t9-,11?,12-/m1/s1. The van der Waals surface area contributed by atoms with Crippen LogP contribution in [0, 0.1) is 5.92 Å². The Kier molecular flexibility index (Phi) is 3.84. The Morgan fingerprint density at radius 2 is 2.25 bits per heavy atom. The second-order valence-electron chi connectivity index (χ2n) is 5.45. The Bertz CT molecular complexity index is 463. The van der Waals surface area contributed by atoms with Crippen LogP contribution in [0.5, 0.6) is 0 Å². The maximum atomic E-state index is 14.2. The average molecular weight is 287 g/mol. The van der Waals surface area contributed by atoms with Gasteiger partial charge in [0.05, 0.1) is 6.10 Å². The van der Waals surface area contributed by atoms with Crippen LogP contribution in [0.4, 0.5) is 8.78 Å². The number of aliphatic hydroxyl groups is 1. The van der Waals surface area contributed by atoms with Crippen LogP contribution in [-0.2, 0) is 4.74 Å². The summed E-state index contributed by atoms with van der Waals surface area (Å²) in [5, 5.41) is 9.79. The summed E-state index contributed by atoms with van der Waals surface area (Å²) >= 11 is 0. The number of alkyl halides is 2. The summed E-state index contributed by atoms with van der Waals surface area (Å²) in [6, 6.07) is 0. The minimum Gasteiger partial charge on any atom is -0.384 e. The highest BCUT2D eigenvalue weighted by Crippen LogP contribution is 2.41. The van der Waals surface area contributed by atoms with Gasteiger partial charge in [0.15, 0.2) is 0 Å². The highest BCUT2D eigenvalue weighted by Gasteiger charge is 2.60. The number of rotatable bonds is 3. The van der Waals surface area contributed by atoms with Gasteiger partial charge < -0.3 is 20.5 Å². The molecule has 3 atom stereocenters. The fourth-order valence-electron chi connectivity index (χ4n) is 2.32. The van der Waals surface area contributed by atoms with Gasteiger partial charge in [0.2, 0.25) is 6.23 Å². The zero-order valence-electron chi connectivity index (χ0n) is 11.5. The number of nitrogens with two attached hydrogens (primary N) is 1.